The summed E-state index contributed by atoms with van der Waals surface area (Å²) in [5, 5.41) is 7.90. The van der Waals surface area contributed by atoms with E-state index < -0.39 is 0 Å². The maximum atomic E-state index is 13.6. The van der Waals surface area contributed by atoms with Crippen LogP contribution in [0, 0.1) is 5.82 Å². The Morgan fingerprint density at radius 2 is 1.62 bits per heavy atom. The Morgan fingerprint density at radius 1 is 0.857 bits per heavy atom. The van der Waals surface area contributed by atoms with E-state index >= 15 is 0 Å². The van der Waals surface area contributed by atoms with Gasteiger partial charge in [-0.1, -0.05) is 42.5 Å². The molecule has 1 aromatic heterocycles. The summed E-state index contributed by atoms with van der Waals surface area (Å²) in [6.45, 7) is 0. The van der Waals surface area contributed by atoms with Crippen LogP contribution in [0.2, 0.25) is 0 Å². The van der Waals surface area contributed by atoms with E-state index in [0.29, 0.717) is 17.9 Å². The zero-order chi connectivity index (χ0) is 14.5. The van der Waals surface area contributed by atoms with E-state index in [2.05, 4.69) is 22.3 Å². The second-order valence-corrected chi connectivity index (χ2v) is 4.82. The third-order valence-corrected chi connectivity index (χ3v) is 3.27. The molecular weight excluding hydrogens is 267 g/mol. The van der Waals surface area contributed by atoms with Crippen molar-refractivity contribution in [2.45, 2.75) is 19.3 Å². The molecule has 3 aromatic rings. The maximum Gasteiger partial charge on any atom is 0.250 e. The number of halogens is 1. The van der Waals surface area contributed by atoms with E-state index in [-0.39, 0.29) is 11.7 Å². The fraction of sp³-hybridized carbons (Fsp3) is 0.176. The molecule has 1 heterocycles. The second-order valence-electron chi connectivity index (χ2n) is 4.82. The van der Waals surface area contributed by atoms with E-state index in [1.807, 2.05) is 18.2 Å². The normalized spacial score (nSPS) is 10.7. The predicted molar refractivity (Wildman–Crippen MR) is 78.2 cm³/mol. The Bertz CT molecular complexity index is 710. The van der Waals surface area contributed by atoms with Crippen molar-refractivity contribution in [2.24, 2.45) is 0 Å². The molecule has 0 bridgehead atoms. The SMILES string of the molecule is Fc1ccccc1-c1nnc(CCCc2ccccc2)o1. The first-order valence-electron chi connectivity index (χ1n) is 6.94. The van der Waals surface area contributed by atoms with Gasteiger partial charge in [0.1, 0.15) is 5.82 Å². The highest BCUT2D eigenvalue weighted by Gasteiger charge is 2.12. The third-order valence-electron chi connectivity index (χ3n) is 3.27. The molecule has 0 saturated heterocycles. The molecule has 0 amide bonds. The lowest BCUT2D eigenvalue weighted by molar-refractivity contribution is 0.494. The molecule has 3 rings (SSSR count). The van der Waals surface area contributed by atoms with E-state index in [1.165, 1.54) is 11.6 Å². The fourth-order valence-electron chi connectivity index (χ4n) is 2.19. The van der Waals surface area contributed by atoms with Gasteiger partial charge >= 0.3 is 0 Å². The van der Waals surface area contributed by atoms with Crippen LogP contribution in [0.3, 0.4) is 0 Å². The molecule has 0 aliphatic heterocycles. The van der Waals surface area contributed by atoms with Crippen LogP contribution in [-0.2, 0) is 12.8 Å². The number of nitrogens with zero attached hydrogens (tertiary/aromatic N) is 2. The van der Waals surface area contributed by atoms with Crippen LogP contribution in [0.5, 0.6) is 0 Å². The van der Waals surface area contributed by atoms with Crippen molar-refractivity contribution in [1.29, 1.82) is 0 Å². The highest BCUT2D eigenvalue weighted by Crippen LogP contribution is 2.21. The number of aromatic nitrogens is 2. The van der Waals surface area contributed by atoms with Gasteiger partial charge in [0.2, 0.25) is 5.89 Å². The van der Waals surface area contributed by atoms with Crippen molar-refractivity contribution in [1.82, 2.24) is 10.2 Å². The van der Waals surface area contributed by atoms with Crippen LogP contribution in [0.1, 0.15) is 17.9 Å². The molecule has 21 heavy (non-hydrogen) atoms. The van der Waals surface area contributed by atoms with Gasteiger partial charge in [0, 0.05) is 6.42 Å². The first kappa shape index (κ1) is 13.5. The van der Waals surface area contributed by atoms with Crippen molar-refractivity contribution >= 4 is 0 Å². The first-order chi connectivity index (χ1) is 10.3. The van der Waals surface area contributed by atoms with E-state index in [9.17, 15) is 4.39 Å². The Morgan fingerprint density at radius 3 is 2.43 bits per heavy atom. The summed E-state index contributed by atoms with van der Waals surface area (Å²) in [5.74, 6) is 0.434. The summed E-state index contributed by atoms with van der Waals surface area (Å²) in [6, 6.07) is 16.6. The number of hydrogen-bond acceptors (Lipinski definition) is 3. The molecule has 0 unspecified atom stereocenters. The lowest BCUT2D eigenvalue weighted by Crippen LogP contribution is -1.90. The zero-order valence-corrected chi connectivity index (χ0v) is 11.5. The molecule has 0 aliphatic rings. The highest BCUT2D eigenvalue weighted by molar-refractivity contribution is 5.53. The van der Waals surface area contributed by atoms with Gasteiger partial charge in [0.05, 0.1) is 5.56 Å². The molecule has 0 spiro atoms. The summed E-state index contributed by atoms with van der Waals surface area (Å²) in [4.78, 5) is 0. The van der Waals surface area contributed by atoms with Crippen LogP contribution in [-0.4, -0.2) is 10.2 Å². The van der Waals surface area contributed by atoms with Gasteiger partial charge in [-0.3, -0.25) is 0 Å². The molecule has 3 nitrogen and oxygen atoms in total. The first-order valence-corrected chi connectivity index (χ1v) is 6.94. The molecule has 106 valence electrons. The molecule has 0 aliphatic carbocycles. The van der Waals surface area contributed by atoms with Crippen molar-refractivity contribution in [3.63, 3.8) is 0 Å². The molecule has 0 N–H and O–H groups in total. The number of rotatable bonds is 5. The molecule has 4 heteroatoms. The average molecular weight is 282 g/mol. The topological polar surface area (TPSA) is 38.9 Å². The van der Waals surface area contributed by atoms with Crippen molar-refractivity contribution in [3.8, 4) is 11.5 Å². The molecule has 2 aromatic carbocycles. The van der Waals surface area contributed by atoms with Crippen LogP contribution >= 0.6 is 0 Å². The molecule has 0 atom stereocenters. The van der Waals surface area contributed by atoms with Gasteiger partial charge in [-0.05, 0) is 30.5 Å². The molecule has 0 radical (unpaired) electrons. The minimum absolute atomic E-state index is 0.239. The Labute approximate surface area is 122 Å². The van der Waals surface area contributed by atoms with Gasteiger partial charge < -0.3 is 4.42 Å². The largest absolute Gasteiger partial charge is 0.421 e. The van der Waals surface area contributed by atoms with Crippen LogP contribution in [0.15, 0.2) is 59.0 Å². The smallest absolute Gasteiger partial charge is 0.250 e. The Kier molecular flexibility index (Phi) is 4.05. The van der Waals surface area contributed by atoms with Crippen LogP contribution in [0.25, 0.3) is 11.5 Å². The average Bonchev–Trinajstić information content (AvgIpc) is 2.97. The van der Waals surface area contributed by atoms with Crippen molar-refractivity contribution < 1.29 is 8.81 Å². The van der Waals surface area contributed by atoms with E-state index in [0.717, 1.165) is 12.8 Å². The van der Waals surface area contributed by atoms with Gasteiger partial charge in [0.15, 0.2) is 0 Å². The van der Waals surface area contributed by atoms with Gasteiger partial charge in [0.25, 0.3) is 5.89 Å². The summed E-state index contributed by atoms with van der Waals surface area (Å²) in [7, 11) is 0. The van der Waals surface area contributed by atoms with E-state index in [1.54, 1.807) is 18.2 Å². The number of benzene rings is 2. The van der Waals surface area contributed by atoms with Crippen molar-refractivity contribution in [2.75, 3.05) is 0 Å². The summed E-state index contributed by atoms with van der Waals surface area (Å²) in [5.41, 5.74) is 1.63. The second kappa shape index (κ2) is 6.31. The predicted octanol–water partition coefficient (Wildman–Crippen LogP) is 4.05. The van der Waals surface area contributed by atoms with E-state index in [4.69, 9.17) is 4.42 Å². The number of aryl methyl sites for hydroxylation is 2. The standard InChI is InChI=1S/C17H15FN2O/c18-15-11-5-4-10-14(15)17-20-19-16(21-17)12-6-9-13-7-2-1-3-8-13/h1-5,7-8,10-11H,6,9,12H2. The van der Waals surface area contributed by atoms with Crippen LogP contribution in [0.4, 0.5) is 4.39 Å². The summed E-state index contributed by atoms with van der Waals surface area (Å²) >= 11 is 0. The molecule has 0 saturated carbocycles. The minimum Gasteiger partial charge on any atom is -0.421 e. The maximum absolute atomic E-state index is 13.6. The summed E-state index contributed by atoms with van der Waals surface area (Å²) < 4.78 is 19.2. The van der Waals surface area contributed by atoms with Gasteiger partial charge in [-0.15, -0.1) is 10.2 Å². The highest BCUT2D eigenvalue weighted by atomic mass is 19.1. The Hall–Kier alpha value is -2.49. The lowest BCUT2D eigenvalue weighted by Gasteiger charge is -1.98. The molecule has 0 fully saturated rings. The number of hydrogen-bond donors (Lipinski definition) is 0. The quantitative estimate of drug-likeness (QED) is 0.708. The van der Waals surface area contributed by atoms with Gasteiger partial charge in [-0.2, -0.15) is 0 Å². The third kappa shape index (κ3) is 3.34. The van der Waals surface area contributed by atoms with Crippen molar-refractivity contribution in [3.05, 3.63) is 71.9 Å². The van der Waals surface area contributed by atoms with Gasteiger partial charge in [-0.25, -0.2) is 4.39 Å². The lowest BCUT2D eigenvalue weighted by atomic mass is 10.1. The van der Waals surface area contributed by atoms with Crippen LogP contribution < -0.4 is 0 Å². The Balaban J connectivity index is 1.62. The monoisotopic (exact) mass is 282 g/mol. The fourth-order valence-corrected chi connectivity index (χ4v) is 2.19. The minimum atomic E-state index is -0.350. The molecular formula is C17H15FN2O. The zero-order valence-electron chi connectivity index (χ0n) is 11.5. The summed E-state index contributed by atoms with van der Waals surface area (Å²) in [6.07, 6.45) is 2.57.